The topological polar surface area (TPSA) is 32.3 Å². The van der Waals surface area contributed by atoms with E-state index in [0.29, 0.717) is 6.54 Å². The van der Waals surface area contributed by atoms with Crippen molar-refractivity contribution in [1.82, 2.24) is 10.2 Å². The lowest BCUT2D eigenvalue weighted by Crippen LogP contribution is -2.58. The highest BCUT2D eigenvalue weighted by molar-refractivity contribution is 5.87. The summed E-state index contributed by atoms with van der Waals surface area (Å²) >= 11 is 0. The summed E-state index contributed by atoms with van der Waals surface area (Å²) in [5.41, 5.74) is -0.533. The molecule has 1 heterocycles. The van der Waals surface area contributed by atoms with Crippen molar-refractivity contribution in [1.29, 1.82) is 0 Å². The number of carbonyl (C=O) groups excluding carboxylic acids is 1. The Morgan fingerprint density at radius 2 is 2.19 bits per heavy atom. The summed E-state index contributed by atoms with van der Waals surface area (Å²) in [5.74, 6) is 0.192. The number of nitrogens with one attached hydrogen (secondary N) is 1. The minimum Gasteiger partial charge on any atom is -0.333 e. The van der Waals surface area contributed by atoms with Crippen molar-refractivity contribution >= 4 is 5.91 Å². The SMILES string of the molecule is C=CCN(C(=O)C1(C)CCCN1)C(C)(C)C. The van der Waals surface area contributed by atoms with Gasteiger partial charge in [0.25, 0.3) is 0 Å². The summed E-state index contributed by atoms with van der Waals surface area (Å²) in [4.78, 5) is 14.4. The molecule has 1 aliphatic heterocycles. The van der Waals surface area contributed by atoms with Crippen LogP contribution in [-0.2, 0) is 4.79 Å². The Labute approximate surface area is 98.9 Å². The Balaban J connectivity index is 2.86. The van der Waals surface area contributed by atoms with Crippen LogP contribution < -0.4 is 5.32 Å². The number of rotatable bonds is 3. The molecule has 0 aromatic carbocycles. The first kappa shape index (κ1) is 13.2. The molecule has 1 aliphatic rings. The van der Waals surface area contributed by atoms with E-state index in [1.54, 1.807) is 6.08 Å². The van der Waals surface area contributed by atoms with Gasteiger partial charge in [0.05, 0.1) is 5.54 Å². The first-order valence-electron chi connectivity index (χ1n) is 5.99. The zero-order chi connectivity index (χ0) is 12.4. The van der Waals surface area contributed by atoms with Gasteiger partial charge in [-0.05, 0) is 47.1 Å². The molecule has 1 atom stereocenters. The van der Waals surface area contributed by atoms with E-state index in [9.17, 15) is 4.79 Å². The fraction of sp³-hybridized carbons (Fsp3) is 0.769. The molecule has 1 amide bonds. The van der Waals surface area contributed by atoms with Crippen molar-refractivity contribution in [2.24, 2.45) is 0 Å². The molecule has 0 spiro atoms. The zero-order valence-corrected chi connectivity index (χ0v) is 11.0. The third-order valence-corrected chi connectivity index (χ3v) is 3.21. The van der Waals surface area contributed by atoms with Crippen molar-refractivity contribution in [3.8, 4) is 0 Å². The Hall–Kier alpha value is -0.830. The molecule has 1 N–H and O–H groups in total. The average Bonchev–Trinajstić information content (AvgIpc) is 2.60. The monoisotopic (exact) mass is 224 g/mol. The highest BCUT2D eigenvalue weighted by Crippen LogP contribution is 2.25. The van der Waals surface area contributed by atoms with Crippen LogP contribution in [0, 0.1) is 0 Å². The molecule has 0 aromatic heterocycles. The zero-order valence-electron chi connectivity index (χ0n) is 11.0. The van der Waals surface area contributed by atoms with Crippen LogP contribution in [0.2, 0.25) is 0 Å². The lowest BCUT2D eigenvalue weighted by atomic mass is 9.95. The fourth-order valence-electron chi connectivity index (χ4n) is 2.17. The van der Waals surface area contributed by atoms with Gasteiger partial charge in [0.1, 0.15) is 0 Å². The van der Waals surface area contributed by atoms with Crippen molar-refractivity contribution in [2.45, 2.75) is 51.6 Å². The third-order valence-electron chi connectivity index (χ3n) is 3.21. The van der Waals surface area contributed by atoms with Crippen molar-refractivity contribution in [3.63, 3.8) is 0 Å². The van der Waals surface area contributed by atoms with Crippen LogP contribution >= 0.6 is 0 Å². The molecule has 0 aliphatic carbocycles. The van der Waals surface area contributed by atoms with Crippen LogP contribution in [0.3, 0.4) is 0 Å². The molecule has 1 unspecified atom stereocenters. The second kappa shape index (κ2) is 4.58. The summed E-state index contributed by atoms with van der Waals surface area (Å²) in [6.45, 7) is 13.5. The first-order chi connectivity index (χ1) is 7.31. The average molecular weight is 224 g/mol. The van der Waals surface area contributed by atoms with Crippen molar-refractivity contribution in [3.05, 3.63) is 12.7 Å². The molecule has 0 saturated carbocycles. The molecule has 1 saturated heterocycles. The van der Waals surface area contributed by atoms with Crippen LogP contribution in [0.25, 0.3) is 0 Å². The second-order valence-corrected chi connectivity index (χ2v) is 5.74. The Bertz CT molecular complexity index is 272. The standard InChI is InChI=1S/C13H24N2O/c1-6-10-15(12(2,3)4)11(16)13(5)8-7-9-14-13/h6,14H,1,7-10H2,2-5H3. The van der Waals surface area contributed by atoms with Gasteiger partial charge in [-0.1, -0.05) is 6.08 Å². The van der Waals surface area contributed by atoms with Gasteiger partial charge in [0, 0.05) is 12.1 Å². The molecule has 1 fully saturated rings. The van der Waals surface area contributed by atoms with Crippen LogP contribution in [0.4, 0.5) is 0 Å². The minimum atomic E-state index is -0.379. The summed E-state index contributed by atoms with van der Waals surface area (Å²) in [5, 5.41) is 3.32. The maximum absolute atomic E-state index is 12.5. The van der Waals surface area contributed by atoms with E-state index in [2.05, 4.69) is 32.7 Å². The number of carbonyl (C=O) groups is 1. The van der Waals surface area contributed by atoms with Gasteiger partial charge in [-0.3, -0.25) is 4.79 Å². The lowest BCUT2D eigenvalue weighted by Gasteiger charge is -2.40. The highest BCUT2D eigenvalue weighted by atomic mass is 16.2. The summed E-state index contributed by atoms with van der Waals surface area (Å²) in [7, 11) is 0. The molecule has 1 rings (SSSR count). The molecule has 0 aromatic rings. The molecule has 16 heavy (non-hydrogen) atoms. The summed E-state index contributed by atoms with van der Waals surface area (Å²) in [6, 6.07) is 0. The van der Waals surface area contributed by atoms with Crippen molar-refractivity contribution < 1.29 is 4.79 Å². The molecular weight excluding hydrogens is 200 g/mol. The van der Waals surface area contributed by atoms with Gasteiger partial charge in [-0.25, -0.2) is 0 Å². The van der Waals surface area contributed by atoms with Crippen LogP contribution in [0.15, 0.2) is 12.7 Å². The predicted molar refractivity (Wildman–Crippen MR) is 67.3 cm³/mol. The van der Waals surface area contributed by atoms with E-state index >= 15 is 0 Å². The Morgan fingerprint density at radius 1 is 1.56 bits per heavy atom. The number of hydrogen-bond acceptors (Lipinski definition) is 2. The van der Waals surface area contributed by atoms with Gasteiger partial charge in [-0.15, -0.1) is 6.58 Å². The maximum atomic E-state index is 12.5. The van der Waals surface area contributed by atoms with E-state index in [1.165, 1.54) is 0 Å². The highest BCUT2D eigenvalue weighted by Gasteiger charge is 2.41. The second-order valence-electron chi connectivity index (χ2n) is 5.74. The van der Waals surface area contributed by atoms with Crippen LogP contribution in [0.1, 0.15) is 40.5 Å². The van der Waals surface area contributed by atoms with Crippen molar-refractivity contribution in [2.75, 3.05) is 13.1 Å². The molecule has 92 valence electrons. The third kappa shape index (κ3) is 2.64. The summed E-state index contributed by atoms with van der Waals surface area (Å²) in [6.07, 6.45) is 3.80. The quantitative estimate of drug-likeness (QED) is 0.743. The number of hydrogen-bond donors (Lipinski definition) is 1. The lowest BCUT2D eigenvalue weighted by molar-refractivity contribution is -0.141. The molecular formula is C13H24N2O. The first-order valence-corrected chi connectivity index (χ1v) is 5.99. The van der Waals surface area contributed by atoms with Crippen LogP contribution in [0.5, 0.6) is 0 Å². The molecule has 0 radical (unpaired) electrons. The van der Waals surface area contributed by atoms with E-state index in [-0.39, 0.29) is 17.0 Å². The van der Waals surface area contributed by atoms with Gasteiger partial charge in [0.2, 0.25) is 5.91 Å². The van der Waals surface area contributed by atoms with Gasteiger partial charge in [0.15, 0.2) is 0 Å². The molecule has 3 nitrogen and oxygen atoms in total. The summed E-state index contributed by atoms with van der Waals surface area (Å²) < 4.78 is 0. The molecule has 3 heteroatoms. The Kier molecular flexibility index (Phi) is 3.79. The van der Waals surface area contributed by atoms with Crippen LogP contribution in [-0.4, -0.2) is 35.0 Å². The van der Waals surface area contributed by atoms with E-state index < -0.39 is 0 Å². The molecule has 0 bridgehead atoms. The number of amides is 1. The van der Waals surface area contributed by atoms with Gasteiger partial charge < -0.3 is 10.2 Å². The van der Waals surface area contributed by atoms with E-state index in [4.69, 9.17) is 0 Å². The van der Waals surface area contributed by atoms with Gasteiger partial charge >= 0.3 is 0 Å². The van der Waals surface area contributed by atoms with Gasteiger partial charge in [-0.2, -0.15) is 0 Å². The Morgan fingerprint density at radius 3 is 2.56 bits per heavy atom. The largest absolute Gasteiger partial charge is 0.333 e. The normalized spacial score (nSPS) is 25.5. The predicted octanol–water partition coefficient (Wildman–Crippen LogP) is 1.94. The minimum absolute atomic E-state index is 0.154. The number of nitrogens with zero attached hydrogens (tertiary/aromatic N) is 1. The maximum Gasteiger partial charge on any atom is 0.243 e. The van der Waals surface area contributed by atoms with E-state index in [0.717, 1.165) is 19.4 Å². The van der Waals surface area contributed by atoms with E-state index in [1.807, 2.05) is 11.8 Å². The fourth-order valence-corrected chi connectivity index (χ4v) is 2.17. The smallest absolute Gasteiger partial charge is 0.243 e.